The number of nitrogens with one attached hydrogen (secondary N) is 1. The second-order valence-electron chi connectivity index (χ2n) is 6.20. The quantitative estimate of drug-likeness (QED) is 0.711. The Balaban J connectivity index is 1.77. The summed E-state index contributed by atoms with van der Waals surface area (Å²) < 4.78 is 7.87. The van der Waals surface area contributed by atoms with Crippen LogP contribution in [0.4, 0.5) is 0 Å². The molecule has 0 aliphatic heterocycles. The minimum Gasteiger partial charge on any atom is -0.360 e. The lowest BCUT2D eigenvalue weighted by molar-refractivity contribution is 0.0924. The highest BCUT2D eigenvalue weighted by Gasteiger charge is 2.10. The number of ether oxygens (including phenoxy) is 1. The molecule has 3 aromatic rings. The molecule has 0 saturated carbocycles. The number of nitrogens with zero attached hydrogens (tertiary/aromatic N) is 3. The van der Waals surface area contributed by atoms with Crippen LogP contribution < -0.4 is 0 Å². The fourth-order valence-electron chi connectivity index (χ4n) is 2.32. The van der Waals surface area contributed by atoms with Crippen LogP contribution in [0.15, 0.2) is 36.9 Å². The van der Waals surface area contributed by atoms with Gasteiger partial charge in [-0.2, -0.15) is 5.10 Å². The Morgan fingerprint density at radius 1 is 1.27 bits per heavy atom. The molecule has 22 heavy (non-hydrogen) atoms. The summed E-state index contributed by atoms with van der Waals surface area (Å²) in [7, 11) is -0.504. The molecule has 0 bridgehead atoms. The van der Waals surface area contributed by atoms with Crippen LogP contribution in [0.5, 0.6) is 0 Å². The zero-order valence-electron chi connectivity index (χ0n) is 13.2. The van der Waals surface area contributed by atoms with Gasteiger partial charge in [-0.15, -0.1) is 0 Å². The number of fused-ring (bicyclic) bond motifs is 1. The maximum Gasteiger partial charge on any atom is 0.142 e. The highest BCUT2D eigenvalue weighted by molar-refractivity contribution is 8.32. The van der Waals surface area contributed by atoms with E-state index in [0.717, 1.165) is 34.5 Å². The average Bonchev–Trinajstić information content (AvgIpc) is 3.12. The smallest absolute Gasteiger partial charge is 0.142 e. The summed E-state index contributed by atoms with van der Waals surface area (Å²) >= 11 is 0. The van der Waals surface area contributed by atoms with Crippen LogP contribution >= 0.6 is 10.0 Å². The van der Waals surface area contributed by atoms with Gasteiger partial charge in [-0.1, -0.05) is 0 Å². The highest BCUT2D eigenvalue weighted by Crippen LogP contribution is 2.33. The van der Waals surface area contributed by atoms with Gasteiger partial charge in [0, 0.05) is 35.3 Å². The van der Waals surface area contributed by atoms with E-state index >= 15 is 0 Å². The third-order valence-corrected chi connectivity index (χ3v) is 4.93. The summed E-state index contributed by atoms with van der Waals surface area (Å²) in [5.74, 6) is 1.12. The van der Waals surface area contributed by atoms with E-state index < -0.39 is 10.0 Å². The molecule has 0 unspecified atom stereocenters. The number of aromatic amines is 1. The van der Waals surface area contributed by atoms with Crippen LogP contribution in [0.3, 0.4) is 0 Å². The average molecular weight is 318 g/mol. The lowest BCUT2D eigenvalue weighted by Gasteiger charge is -2.24. The van der Waals surface area contributed by atoms with Crippen LogP contribution in [0, 0.1) is 0 Å². The molecule has 5 nitrogen and oxygen atoms in total. The Morgan fingerprint density at radius 3 is 2.86 bits per heavy atom. The number of rotatable bonds is 6. The lowest BCUT2D eigenvalue weighted by Crippen LogP contribution is -2.09. The number of aromatic nitrogens is 4. The van der Waals surface area contributed by atoms with Crippen LogP contribution in [0.1, 0.15) is 0 Å². The minimum absolute atomic E-state index is 0.504. The first-order valence-electron chi connectivity index (χ1n) is 7.21. The molecule has 0 saturated heterocycles. The third kappa shape index (κ3) is 3.34. The molecule has 0 fully saturated rings. The van der Waals surface area contributed by atoms with E-state index in [-0.39, 0.29) is 0 Å². The lowest BCUT2D eigenvalue weighted by atomic mass is 10.1. The molecule has 0 aliphatic carbocycles. The zero-order chi connectivity index (χ0) is 15.6. The molecule has 118 valence electrons. The Morgan fingerprint density at radius 2 is 2.14 bits per heavy atom. The summed E-state index contributed by atoms with van der Waals surface area (Å²) in [6.45, 7) is 1.33. The van der Waals surface area contributed by atoms with E-state index in [1.54, 1.807) is 0 Å². The van der Waals surface area contributed by atoms with Gasteiger partial charge in [0.1, 0.15) is 12.4 Å². The van der Waals surface area contributed by atoms with Crippen LogP contribution in [0.25, 0.3) is 22.2 Å². The molecule has 0 atom stereocenters. The van der Waals surface area contributed by atoms with Gasteiger partial charge in [0.05, 0.1) is 12.8 Å². The predicted octanol–water partition coefficient (Wildman–Crippen LogP) is 3.09. The monoisotopic (exact) mass is 318 g/mol. The van der Waals surface area contributed by atoms with Crippen molar-refractivity contribution in [2.45, 2.75) is 6.73 Å². The third-order valence-electron chi connectivity index (χ3n) is 3.54. The maximum atomic E-state index is 5.82. The van der Waals surface area contributed by atoms with Crippen molar-refractivity contribution in [2.24, 2.45) is 0 Å². The largest absolute Gasteiger partial charge is 0.360 e. The van der Waals surface area contributed by atoms with Gasteiger partial charge >= 0.3 is 0 Å². The summed E-state index contributed by atoms with van der Waals surface area (Å²) in [6.07, 6.45) is 14.5. The normalized spacial score (nSPS) is 12.9. The van der Waals surface area contributed by atoms with Gasteiger partial charge in [0.15, 0.2) is 0 Å². The topological polar surface area (TPSA) is 55.7 Å². The van der Waals surface area contributed by atoms with Crippen molar-refractivity contribution in [3.05, 3.63) is 36.9 Å². The molecule has 6 heteroatoms. The van der Waals surface area contributed by atoms with Crippen molar-refractivity contribution in [2.75, 3.05) is 31.1 Å². The van der Waals surface area contributed by atoms with Crippen molar-refractivity contribution in [3.63, 3.8) is 0 Å². The fraction of sp³-hybridized carbons (Fsp3) is 0.375. The molecular weight excluding hydrogens is 296 g/mol. The van der Waals surface area contributed by atoms with Gasteiger partial charge in [-0.3, -0.25) is 5.10 Å². The van der Waals surface area contributed by atoms with Crippen LogP contribution in [0.2, 0.25) is 0 Å². The van der Waals surface area contributed by atoms with Gasteiger partial charge in [0.2, 0.25) is 0 Å². The van der Waals surface area contributed by atoms with Crippen molar-refractivity contribution < 1.29 is 4.74 Å². The number of pyridine rings is 1. The molecule has 0 spiro atoms. The number of hydrogen-bond acceptors (Lipinski definition) is 3. The first-order chi connectivity index (χ1) is 10.5. The van der Waals surface area contributed by atoms with E-state index in [1.807, 2.05) is 30.9 Å². The Bertz CT molecular complexity index is 743. The molecule has 3 heterocycles. The molecule has 0 radical (unpaired) electrons. The molecule has 0 amide bonds. The molecule has 3 aromatic heterocycles. The van der Waals surface area contributed by atoms with E-state index in [2.05, 4.69) is 44.6 Å². The van der Waals surface area contributed by atoms with Gasteiger partial charge in [-0.05, 0) is 36.5 Å². The van der Waals surface area contributed by atoms with Crippen molar-refractivity contribution >= 4 is 21.1 Å². The summed E-state index contributed by atoms with van der Waals surface area (Å²) in [6, 6.07) is 4.10. The molecule has 0 aromatic carbocycles. The van der Waals surface area contributed by atoms with Gasteiger partial charge in [0.25, 0.3) is 0 Å². The Hall–Kier alpha value is -1.79. The predicted molar refractivity (Wildman–Crippen MR) is 93.5 cm³/mol. The molecular formula is C16H22N4OS. The SMILES string of the molecule is CS(C)(C)CCOCn1ccc2c(-c3cn[nH]c3)ccnc21. The van der Waals surface area contributed by atoms with Crippen LogP contribution in [-0.4, -0.2) is 50.9 Å². The van der Waals surface area contributed by atoms with Gasteiger partial charge < -0.3 is 9.30 Å². The first kappa shape index (κ1) is 15.1. The zero-order valence-corrected chi connectivity index (χ0v) is 14.1. The minimum atomic E-state index is -0.504. The first-order valence-corrected chi connectivity index (χ1v) is 10.2. The highest BCUT2D eigenvalue weighted by atomic mass is 32.3. The summed E-state index contributed by atoms with van der Waals surface area (Å²) in [4.78, 5) is 4.50. The van der Waals surface area contributed by atoms with Gasteiger partial charge in [-0.25, -0.2) is 15.0 Å². The second kappa shape index (κ2) is 6.14. The van der Waals surface area contributed by atoms with Crippen molar-refractivity contribution in [1.82, 2.24) is 19.7 Å². The number of H-pyrrole nitrogens is 1. The second-order valence-corrected chi connectivity index (χ2v) is 10.8. The van der Waals surface area contributed by atoms with Crippen molar-refractivity contribution in [3.8, 4) is 11.1 Å². The van der Waals surface area contributed by atoms with E-state index in [1.165, 1.54) is 0 Å². The fourth-order valence-corrected chi connectivity index (χ4v) is 2.93. The summed E-state index contributed by atoms with van der Waals surface area (Å²) in [5, 5.41) is 8.00. The molecule has 0 aliphatic rings. The number of hydrogen-bond donors (Lipinski definition) is 1. The summed E-state index contributed by atoms with van der Waals surface area (Å²) in [5.41, 5.74) is 3.15. The van der Waals surface area contributed by atoms with Crippen molar-refractivity contribution in [1.29, 1.82) is 0 Å². The Kier molecular flexibility index (Phi) is 4.22. The van der Waals surface area contributed by atoms with Crippen LogP contribution in [-0.2, 0) is 11.5 Å². The van der Waals surface area contributed by atoms with E-state index in [4.69, 9.17) is 4.74 Å². The standard InChI is InChI=1S/C16H22N4OS/c1-22(2,3)9-8-21-12-20-7-5-15-14(4-6-17-16(15)20)13-10-18-19-11-13/h4-7,10-11H,8-9,12H2,1-3H3,(H,18,19). The molecule has 3 rings (SSSR count). The maximum absolute atomic E-state index is 5.82. The molecule has 1 N–H and O–H groups in total. The van der Waals surface area contributed by atoms with E-state index in [9.17, 15) is 0 Å². The van der Waals surface area contributed by atoms with E-state index in [0.29, 0.717) is 6.73 Å². The Labute approximate surface area is 132 Å².